The summed E-state index contributed by atoms with van der Waals surface area (Å²) >= 11 is 0. The average Bonchev–Trinajstić information content (AvgIpc) is 3.51. The predicted molar refractivity (Wildman–Crippen MR) is 330 cm³/mol. The number of ether oxygens (including phenoxy) is 4. The lowest BCUT2D eigenvalue weighted by Crippen LogP contribution is -2.15. The third-order valence-electron chi connectivity index (χ3n) is 15.2. The number of hydrogen-bond acceptors (Lipinski definition) is 14. The monoisotopic (exact) mass is 1200 g/mol. The Morgan fingerprint density at radius 1 is 0.590 bits per heavy atom. The fourth-order valence-electron chi connectivity index (χ4n) is 10.9. The van der Waals surface area contributed by atoms with E-state index in [1.807, 2.05) is 94.6 Å². The number of azo groups is 1. The summed E-state index contributed by atoms with van der Waals surface area (Å²) in [6.45, 7) is 19.2. The molecule has 20 heteroatoms. The van der Waals surface area contributed by atoms with Gasteiger partial charge >= 0.3 is 17.9 Å². The molecule has 0 radical (unpaired) electrons. The smallest absolute Gasteiger partial charge is 0.340 e. The summed E-state index contributed by atoms with van der Waals surface area (Å²) in [6.07, 6.45) is 4.44. The normalized spacial score (nSPS) is 11.7. The molecule has 1 aliphatic rings. The van der Waals surface area contributed by atoms with E-state index < -0.39 is 5.97 Å². The molecule has 1 aliphatic carbocycles. The van der Waals surface area contributed by atoms with Crippen molar-refractivity contribution in [2.24, 2.45) is 31.4 Å². The summed E-state index contributed by atoms with van der Waals surface area (Å²) in [4.78, 5) is 50.2. The number of aromatic amines is 1. The lowest BCUT2D eigenvalue weighted by atomic mass is 9.91. The maximum absolute atomic E-state index is 13.3. The number of anilines is 2. The quantitative estimate of drug-likeness (QED) is 0.0237. The Bertz CT molecular complexity index is 3840. The van der Waals surface area contributed by atoms with Crippen LogP contribution in [0.1, 0.15) is 115 Å². The van der Waals surface area contributed by atoms with Gasteiger partial charge in [-0.1, -0.05) is 24.3 Å². The van der Waals surface area contributed by atoms with Crippen LogP contribution in [0.2, 0.25) is 0 Å². The van der Waals surface area contributed by atoms with Gasteiger partial charge in [-0.25, -0.2) is 19.1 Å². The lowest BCUT2D eigenvalue weighted by molar-refractivity contribution is 0.0515. The van der Waals surface area contributed by atoms with Crippen LogP contribution in [0.4, 0.5) is 22.7 Å². The molecular weight excluding hydrogens is 1120 g/mol. The van der Waals surface area contributed by atoms with Gasteiger partial charge in [0.15, 0.2) is 17.2 Å². The second kappa shape index (κ2) is 26.9. The molecule has 0 aliphatic heterocycles. The van der Waals surface area contributed by atoms with Crippen LogP contribution in [0.15, 0.2) is 87.8 Å². The zero-order chi connectivity index (χ0) is 60.0. The fourth-order valence-corrected chi connectivity index (χ4v) is 10.9. The minimum Gasteiger partial charge on any atom is -0.505 e. The van der Waals surface area contributed by atoms with E-state index >= 15 is 0 Å². The molecule has 0 unspecified atom stereocenters. The van der Waals surface area contributed by atoms with Gasteiger partial charge in [-0.2, -0.15) is 0 Å². The van der Waals surface area contributed by atoms with Crippen LogP contribution in [-0.4, -0.2) is 78.5 Å². The second-order valence-corrected chi connectivity index (χ2v) is 20.1. The number of para-hydroxylation sites is 3. The number of aromatic nitrogens is 5. The summed E-state index contributed by atoms with van der Waals surface area (Å²) in [5.74, 6) is -0.510. The summed E-state index contributed by atoms with van der Waals surface area (Å²) in [7, 11) is 7.19. The van der Waals surface area contributed by atoms with Crippen LogP contribution in [-0.2, 0) is 48.2 Å². The zero-order valence-corrected chi connectivity index (χ0v) is 51.5. The fraction of sp³-hybridized carbons (Fsp3) is 0.333. The number of methoxy groups -OCH3 is 1. The molecule has 0 atom stereocenters. The standard InChI is InChI=1S/C30H33N5O4.C17H22N2O3.C16H20N2O3.BrH/c1-6-39-30(38)25-17(2)27(34(5)19(25)4)23-12-9-13-24(28(23)36)31-32-26-18(3)33-35(29(26)37)22-15-14-20-10-7-8-11-21(20)16-22;1-6-22-17(20)14-10(2)15(19(4)11(14)3)12-8-7-9-13(18)16(12)21-5;1-5-21-16(20)13-9(2)14(18(4)10(13)3)11-7-6-8-12(17)15(11)19;/h9,12-16,33,36H,6-8,10-11H2,1-5H3;7-9H,6,18H2,1-5H3;6-8,19H,5,17H2,1-4H3;1H. The summed E-state index contributed by atoms with van der Waals surface area (Å²) < 4.78 is 28.1. The van der Waals surface area contributed by atoms with Crippen molar-refractivity contribution < 1.29 is 43.5 Å². The largest absolute Gasteiger partial charge is 0.505 e. The number of nitrogens with one attached hydrogen (secondary N) is 1. The Morgan fingerprint density at radius 3 is 1.51 bits per heavy atom. The lowest BCUT2D eigenvalue weighted by Gasteiger charge is -2.16. The number of H-pyrrole nitrogens is 1. The van der Waals surface area contributed by atoms with E-state index in [1.54, 1.807) is 77.3 Å². The Balaban J connectivity index is 0.000000215. The molecule has 0 spiro atoms. The van der Waals surface area contributed by atoms with Crippen molar-refractivity contribution in [1.29, 1.82) is 0 Å². The number of fused-ring (bicyclic) bond motifs is 1. The van der Waals surface area contributed by atoms with Crippen molar-refractivity contribution >= 4 is 57.6 Å². The minimum absolute atomic E-state index is 0. The zero-order valence-electron chi connectivity index (χ0n) is 49.8. The third kappa shape index (κ3) is 12.4. The Labute approximate surface area is 494 Å². The van der Waals surface area contributed by atoms with Gasteiger partial charge < -0.3 is 54.3 Å². The predicted octanol–water partition coefficient (Wildman–Crippen LogP) is 12.7. The van der Waals surface area contributed by atoms with Gasteiger partial charge in [-0.05, 0) is 171 Å². The number of carbonyl (C=O) groups excluding carboxylic acids is 3. The summed E-state index contributed by atoms with van der Waals surface area (Å²) in [6, 6.07) is 22.0. The first-order valence-electron chi connectivity index (χ1n) is 27.2. The maximum atomic E-state index is 13.3. The first-order valence-corrected chi connectivity index (χ1v) is 27.2. The number of nitrogen functional groups attached to an aromatic ring is 2. The van der Waals surface area contributed by atoms with E-state index in [9.17, 15) is 29.4 Å². The highest BCUT2D eigenvalue weighted by molar-refractivity contribution is 8.93. The molecule has 0 bridgehead atoms. The van der Waals surface area contributed by atoms with Gasteiger partial charge in [0.05, 0.1) is 83.5 Å². The number of aromatic hydroxyl groups is 2. The number of phenols is 2. The van der Waals surface area contributed by atoms with E-state index in [0.29, 0.717) is 75.1 Å². The molecule has 0 saturated heterocycles. The van der Waals surface area contributed by atoms with Gasteiger partial charge in [-0.3, -0.25) is 9.89 Å². The van der Waals surface area contributed by atoms with Crippen molar-refractivity contribution in [3.05, 3.63) is 150 Å². The number of benzene rings is 4. The molecule has 83 heavy (non-hydrogen) atoms. The van der Waals surface area contributed by atoms with E-state index in [2.05, 4.69) is 27.5 Å². The van der Waals surface area contributed by atoms with Crippen LogP contribution in [0, 0.1) is 48.5 Å². The van der Waals surface area contributed by atoms with Gasteiger partial charge in [0.25, 0.3) is 5.56 Å². The number of esters is 3. The molecule has 0 amide bonds. The molecule has 4 aromatic heterocycles. The summed E-state index contributed by atoms with van der Waals surface area (Å²) in [5.41, 5.74) is 27.3. The molecule has 8 aromatic rings. The third-order valence-corrected chi connectivity index (χ3v) is 15.2. The number of hydrogen-bond donors (Lipinski definition) is 5. The van der Waals surface area contributed by atoms with Crippen molar-refractivity contribution in [3.63, 3.8) is 0 Å². The number of aryl methyl sites for hydroxylation is 3. The molecule has 0 fully saturated rings. The molecule has 440 valence electrons. The highest BCUT2D eigenvalue weighted by atomic mass is 79.9. The van der Waals surface area contributed by atoms with Crippen LogP contribution in [0.25, 0.3) is 39.5 Å². The first kappa shape index (κ1) is 63.4. The topological polar surface area (TPSA) is 258 Å². The molecule has 4 heterocycles. The SMILES string of the molecule is Br.CCOC(=O)c1c(C)c(-c2cccc(N)c2O)n(C)c1C.CCOC(=O)c1c(C)c(-c2cccc(N)c2OC)n(C)c1C.CCOC(=O)c1c(C)c(-c2cccc(N=Nc3c(C)[nH]n(-c4ccc5c(c4)CCCC5)c3=O)c2O)n(C)c1C. The number of phenolic OH excluding ortho intramolecular Hbond substituents is 2. The van der Waals surface area contributed by atoms with E-state index in [-0.39, 0.29) is 64.0 Å². The van der Waals surface area contributed by atoms with Gasteiger partial charge in [0, 0.05) is 54.9 Å². The average molecular weight is 1200 g/mol. The van der Waals surface area contributed by atoms with Crippen LogP contribution < -0.4 is 21.8 Å². The van der Waals surface area contributed by atoms with Gasteiger partial charge in [0.1, 0.15) is 11.4 Å². The first-order chi connectivity index (χ1) is 39.1. The Morgan fingerprint density at radius 2 is 1.02 bits per heavy atom. The Hall–Kier alpha value is -8.78. The number of carbonyl (C=O) groups is 3. The van der Waals surface area contributed by atoms with E-state index in [1.165, 1.54) is 22.2 Å². The number of rotatable bonds is 13. The van der Waals surface area contributed by atoms with Crippen LogP contribution in [0.3, 0.4) is 0 Å². The van der Waals surface area contributed by atoms with Gasteiger partial charge in [0.2, 0.25) is 0 Å². The molecule has 4 aromatic carbocycles. The molecule has 9 rings (SSSR count). The van der Waals surface area contributed by atoms with E-state index in [4.69, 9.17) is 30.4 Å². The van der Waals surface area contributed by atoms with Crippen molar-refractivity contribution in [3.8, 4) is 56.7 Å². The number of halogens is 1. The highest BCUT2D eigenvalue weighted by Crippen LogP contribution is 2.43. The van der Waals surface area contributed by atoms with Gasteiger partial charge in [-0.15, -0.1) is 27.2 Å². The second-order valence-electron chi connectivity index (χ2n) is 20.1. The van der Waals surface area contributed by atoms with Crippen molar-refractivity contribution in [2.75, 3.05) is 38.4 Å². The maximum Gasteiger partial charge on any atom is 0.340 e. The number of nitrogens with two attached hydrogens (primary N) is 2. The van der Waals surface area contributed by atoms with Crippen molar-refractivity contribution in [2.45, 2.75) is 94.9 Å². The Kier molecular flexibility index (Phi) is 20.5. The molecule has 0 saturated carbocycles. The number of nitrogens with zero attached hydrogens (tertiary/aromatic N) is 6. The van der Waals surface area contributed by atoms with E-state index in [0.717, 1.165) is 70.1 Å². The minimum atomic E-state index is -0.400. The van der Waals surface area contributed by atoms with Crippen LogP contribution >= 0.6 is 17.0 Å². The highest BCUT2D eigenvalue weighted by Gasteiger charge is 2.28. The molecule has 7 N–H and O–H groups in total. The van der Waals surface area contributed by atoms with Crippen molar-refractivity contribution in [1.82, 2.24) is 23.5 Å². The van der Waals surface area contributed by atoms with Crippen LogP contribution in [0.5, 0.6) is 17.2 Å². The molecular formula is C63H76BrN9O10. The molecule has 19 nitrogen and oxygen atoms in total. The summed E-state index contributed by atoms with van der Waals surface area (Å²) in [5, 5.41) is 33.0.